The van der Waals surface area contributed by atoms with Crippen molar-refractivity contribution in [1.29, 1.82) is 0 Å². The molecule has 0 aromatic carbocycles. The molecule has 1 heterocycles. The molecule has 14 heavy (non-hydrogen) atoms. The number of piperidine rings is 1. The van der Waals surface area contributed by atoms with Gasteiger partial charge in [0.25, 0.3) is 0 Å². The van der Waals surface area contributed by atoms with E-state index >= 15 is 0 Å². The lowest BCUT2D eigenvalue weighted by Crippen LogP contribution is -2.45. The quantitative estimate of drug-likeness (QED) is 0.665. The number of likely N-dealkylation sites (tertiary alicyclic amines) is 1. The highest BCUT2D eigenvalue weighted by atomic mass is 16.2. The molecule has 3 nitrogen and oxygen atoms in total. The molecule has 0 amide bonds. The highest BCUT2D eigenvalue weighted by Crippen LogP contribution is 2.13. The maximum absolute atomic E-state index is 8.70. The van der Waals surface area contributed by atoms with E-state index in [9.17, 15) is 0 Å². The summed E-state index contributed by atoms with van der Waals surface area (Å²) in [4.78, 5) is 4.86. The standard InChI is InChI=1S/C11H24N2O/c1-12-7-5-6-11(10-12)13(2)8-3-4-9-14/h11,14H,3-10H2,1-2H3. The van der Waals surface area contributed by atoms with E-state index in [2.05, 4.69) is 23.9 Å². The molecule has 1 aliphatic heterocycles. The third-order valence-electron chi connectivity index (χ3n) is 3.14. The second-order valence-corrected chi connectivity index (χ2v) is 4.47. The van der Waals surface area contributed by atoms with Gasteiger partial charge < -0.3 is 14.9 Å². The average Bonchev–Trinajstić information content (AvgIpc) is 2.18. The van der Waals surface area contributed by atoms with Gasteiger partial charge in [-0.05, 0) is 52.9 Å². The largest absolute Gasteiger partial charge is 0.396 e. The van der Waals surface area contributed by atoms with Gasteiger partial charge in [0.05, 0.1) is 0 Å². The first kappa shape index (κ1) is 12.0. The van der Waals surface area contributed by atoms with Crippen molar-refractivity contribution >= 4 is 0 Å². The Labute approximate surface area is 87.7 Å². The topological polar surface area (TPSA) is 26.7 Å². The minimum Gasteiger partial charge on any atom is -0.396 e. The smallest absolute Gasteiger partial charge is 0.0431 e. The molecule has 0 radical (unpaired) electrons. The summed E-state index contributed by atoms with van der Waals surface area (Å²) < 4.78 is 0. The SMILES string of the molecule is CN1CCCC(N(C)CCCCO)C1. The van der Waals surface area contributed by atoms with Gasteiger partial charge in [0.1, 0.15) is 0 Å². The van der Waals surface area contributed by atoms with Crippen LogP contribution in [0.25, 0.3) is 0 Å². The minimum absolute atomic E-state index is 0.332. The molecule has 0 aliphatic carbocycles. The lowest BCUT2D eigenvalue weighted by molar-refractivity contribution is 0.131. The third-order valence-corrected chi connectivity index (χ3v) is 3.14. The first-order chi connectivity index (χ1) is 6.74. The van der Waals surface area contributed by atoms with E-state index in [1.165, 1.54) is 25.9 Å². The molecule has 0 aromatic rings. The van der Waals surface area contributed by atoms with E-state index in [4.69, 9.17) is 5.11 Å². The highest BCUT2D eigenvalue weighted by molar-refractivity contribution is 4.77. The summed E-state index contributed by atoms with van der Waals surface area (Å²) in [6.07, 6.45) is 4.71. The molecular formula is C11H24N2O. The molecule has 0 saturated carbocycles. The van der Waals surface area contributed by atoms with Crippen LogP contribution in [-0.4, -0.2) is 61.3 Å². The molecule has 1 rings (SSSR count). The summed E-state index contributed by atoms with van der Waals surface area (Å²) in [6.45, 7) is 3.91. The Morgan fingerprint density at radius 3 is 2.86 bits per heavy atom. The fourth-order valence-corrected chi connectivity index (χ4v) is 2.15. The van der Waals surface area contributed by atoms with Gasteiger partial charge in [-0.15, -0.1) is 0 Å². The number of hydrogen-bond acceptors (Lipinski definition) is 3. The number of nitrogens with zero attached hydrogens (tertiary/aromatic N) is 2. The van der Waals surface area contributed by atoms with Crippen molar-refractivity contribution in [1.82, 2.24) is 9.80 Å². The van der Waals surface area contributed by atoms with Crippen LogP contribution in [0.3, 0.4) is 0 Å². The van der Waals surface area contributed by atoms with E-state index in [0.29, 0.717) is 6.61 Å². The summed E-state index contributed by atoms with van der Waals surface area (Å²) in [7, 11) is 4.41. The van der Waals surface area contributed by atoms with E-state index in [-0.39, 0.29) is 0 Å². The third kappa shape index (κ3) is 3.95. The summed E-state index contributed by atoms with van der Waals surface area (Å²) in [5.74, 6) is 0. The number of aliphatic hydroxyl groups is 1. The maximum Gasteiger partial charge on any atom is 0.0431 e. The summed E-state index contributed by atoms with van der Waals surface area (Å²) in [6, 6.07) is 0.729. The van der Waals surface area contributed by atoms with Gasteiger partial charge in [0, 0.05) is 19.2 Å². The second-order valence-electron chi connectivity index (χ2n) is 4.47. The average molecular weight is 200 g/mol. The predicted octanol–water partition coefficient (Wildman–Crippen LogP) is 0.785. The second kappa shape index (κ2) is 6.38. The first-order valence-corrected chi connectivity index (χ1v) is 5.73. The van der Waals surface area contributed by atoms with Crippen LogP contribution in [0.15, 0.2) is 0 Å². The van der Waals surface area contributed by atoms with Crippen LogP contribution in [0.1, 0.15) is 25.7 Å². The fourth-order valence-electron chi connectivity index (χ4n) is 2.15. The van der Waals surface area contributed by atoms with Crippen molar-refractivity contribution in [2.24, 2.45) is 0 Å². The van der Waals surface area contributed by atoms with Crippen molar-refractivity contribution in [3.05, 3.63) is 0 Å². The fraction of sp³-hybridized carbons (Fsp3) is 1.00. The van der Waals surface area contributed by atoms with Gasteiger partial charge in [-0.25, -0.2) is 0 Å². The number of rotatable bonds is 5. The van der Waals surface area contributed by atoms with Crippen molar-refractivity contribution in [2.75, 3.05) is 40.3 Å². The number of likely N-dealkylation sites (N-methyl/N-ethyl adjacent to an activating group) is 2. The van der Waals surface area contributed by atoms with Crippen LogP contribution < -0.4 is 0 Å². The lowest BCUT2D eigenvalue weighted by atomic mass is 10.0. The van der Waals surface area contributed by atoms with Crippen LogP contribution in [0.4, 0.5) is 0 Å². The first-order valence-electron chi connectivity index (χ1n) is 5.73. The summed E-state index contributed by atoms with van der Waals surface area (Å²) >= 11 is 0. The molecular weight excluding hydrogens is 176 g/mol. The zero-order valence-electron chi connectivity index (χ0n) is 9.58. The van der Waals surface area contributed by atoms with Crippen LogP contribution in [0, 0.1) is 0 Å². The van der Waals surface area contributed by atoms with Crippen molar-refractivity contribution in [2.45, 2.75) is 31.7 Å². The zero-order valence-corrected chi connectivity index (χ0v) is 9.58. The summed E-state index contributed by atoms with van der Waals surface area (Å²) in [5.41, 5.74) is 0. The Bertz CT molecular complexity index is 152. The van der Waals surface area contributed by atoms with Crippen molar-refractivity contribution in [3.8, 4) is 0 Å². The van der Waals surface area contributed by atoms with Gasteiger partial charge in [-0.2, -0.15) is 0 Å². The summed E-state index contributed by atoms with van der Waals surface area (Å²) in [5, 5.41) is 8.70. The minimum atomic E-state index is 0.332. The molecule has 1 unspecified atom stereocenters. The molecule has 1 N–H and O–H groups in total. The van der Waals surface area contributed by atoms with Gasteiger partial charge in [-0.3, -0.25) is 0 Å². The zero-order chi connectivity index (χ0) is 10.4. The van der Waals surface area contributed by atoms with Crippen LogP contribution in [0.2, 0.25) is 0 Å². The van der Waals surface area contributed by atoms with Crippen LogP contribution in [0.5, 0.6) is 0 Å². The van der Waals surface area contributed by atoms with E-state index in [1.807, 2.05) is 0 Å². The van der Waals surface area contributed by atoms with Gasteiger partial charge in [-0.1, -0.05) is 0 Å². The van der Waals surface area contributed by atoms with E-state index in [0.717, 1.165) is 25.4 Å². The van der Waals surface area contributed by atoms with Crippen molar-refractivity contribution < 1.29 is 5.11 Å². The van der Waals surface area contributed by atoms with Crippen molar-refractivity contribution in [3.63, 3.8) is 0 Å². The predicted molar refractivity (Wildman–Crippen MR) is 59.5 cm³/mol. The molecule has 0 spiro atoms. The molecule has 1 aliphatic rings. The number of hydrogen-bond donors (Lipinski definition) is 1. The monoisotopic (exact) mass is 200 g/mol. The normalized spacial score (nSPS) is 24.4. The van der Waals surface area contributed by atoms with Crippen LogP contribution in [-0.2, 0) is 0 Å². The molecule has 3 heteroatoms. The molecule has 1 fully saturated rings. The number of aliphatic hydroxyl groups excluding tert-OH is 1. The van der Waals surface area contributed by atoms with E-state index in [1.54, 1.807) is 0 Å². The molecule has 0 aromatic heterocycles. The lowest BCUT2D eigenvalue weighted by Gasteiger charge is -2.35. The molecule has 0 bridgehead atoms. The molecule has 1 atom stereocenters. The highest BCUT2D eigenvalue weighted by Gasteiger charge is 2.20. The Kier molecular flexibility index (Phi) is 5.45. The Morgan fingerprint density at radius 2 is 2.21 bits per heavy atom. The van der Waals surface area contributed by atoms with Gasteiger partial charge in [0.15, 0.2) is 0 Å². The van der Waals surface area contributed by atoms with Gasteiger partial charge in [0.2, 0.25) is 0 Å². The molecule has 1 saturated heterocycles. The van der Waals surface area contributed by atoms with Gasteiger partial charge >= 0.3 is 0 Å². The molecule has 84 valence electrons. The number of unbranched alkanes of at least 4 members (excludes halogenated alkanes) is 1. The maximum atomic E-state index is 8.70. The Morgan fingerprint density at radius 1 is 1.43 bits per heavy atom. The Hall–Kier alpha value is -0.120. The Balaban J connectivity index is 2.18. The van der Waals surface area contributed by atoms with E-state index < -0.39 is 0 Å². The van der Waals surface area contributed by atoms with Crippen LogP contribution >= 0.6 is 0 Å².